The molecule has 2 nitrogen and oxygen atoms in total. The van der Waals surface area contributed by atoms with E-state index in [1.165, 1.54) is 0 Å². The number of hydrogen-bond donors (Lipinski definition) is 0. The van der Waals surface area contributed by atoms with E-state index < -0.39 is 0 Å². The van der Waals surface area contributed by atoms with Gasteiger partial charge in [0, 0.05) is 6.61 Å². The molecule has 0 rings (SSSR count). The Kier molecular flexibility index (Phi) is 8.15. The SMILES string of the molecule is CCOC(C)(CC)CCC(C)CC=CC(C)=O. The van der Waals surface area contributed by atoms with Gasteiger partial charge in [-0.1, -0.05) is 19.9 Å². The second kappa shape index (κ2) is 8.46. The number of rotatable bonds is 9. The van der Waals surface area contributed by atoms with E-state index in [1.54, 1.807) is 13.0 Å². The van der Waals surface area contributed by atoms with E-state index in [4.69, 9.17) is 4.74 Å². The van der Waals surface area contributed by atoms with Gasteiger partial charge in [0.2, 0.25) is 0 Å². The highest BCUT2D eigenvalue weighted by Crippen LogP contribution is 2.25. The first kappa shape index (κ1) is 16.4. The van der Waals surface area contributed by atoms with Gasteiger partial charge in [0.05, 0.1) is 5.60 Å². The molecule has 2 unspecified atom stereocenters. The van der Waals surface area contributed by atoms with E-state index in [0.29, 0.717) is 5.92 Å². The molecule has 0 saturated carbocycles. The fourth-order valence-electron chi connectivity index (χ4n) is 1.84. The third-order valence-corrected chi connectivity index (χ3v) is 3.30. The van der Waals surface area contributed by atoms with Gasteiger partial charge in [-0.3, -0.25) is 4.79 Å². The van der Waals surface area contributed by atoms with Crippen molar-refractivity contribution in [2.75, 3.05) is 6.61 Å². The van der Waals surface area contributed by atoms with Crippen molar-refractivity contribution in [3.05, 3.63) is 12.2 Å². The first-order chi connectivity index (χ1) is 7.93. The molecule has 0 radical (unpaired) electrons. The number of ether oxygens (including phenoxy) is 1. The predicted molar refractivity (Wildman–Crippen MR) is 73.2 cm³/mol. The van der Waals surface area contributed by atoms with Crippen molar-refractivity contribution in [2.24, 2.45) is 5.92 Å². The molecule has 0 saturated heterocycles. The molecule has 0 aromatic carbocycles. The summed E-state index contributed by atoms with van der Waals surface area (Å²) in [6.07, 6.45) is 7.91. The molecular weight excluding hydrogens is 212 g/mol. The van der Waals surface area contributed by atoms with Crippen LogP contribution in [0.25, 0.3) is 0 Å². The number of ketones is 1. The molecule has 0 aromatic heterocycles. The molecule has 0 bridgehead atoms. The Balaban J connectivity index is 3.96. The van der Waals surface area contributed by atoms with Crippen LogP contribution < -0.4 is 0 Å². The van der Waals surface area contributed by atoms with Crippen LogP contribution in [0.3, 0.4) is 0 Å². The van der Waals surface area contributed by atoms with Gasteiger partial charge in [-0.25, -0.2) is 0 Å². The van der Waals surface area contributed by atoms with E-state index in [-0.39, 0.29) is 11.4 Å². The molecule has 100 valence electrons. The zero-order valence-electron chi connectivity index (χ0n) is 12.1. The topological polar surface area (TPSA) is 26.3 Å². The fourth-order valence-corrected chi connectivity index (χ4v) is 1.84. The third kappa shape index (κ3) is 8.14. The van der Waals surface area contributed by atoms with Gasteiger partial charge >= 0.3 is 0 Å². The summed E-state index contributed by atoms with van der Waals surface area (Å²) < 4.78 is 5.80. The van der Waals surface area contributed by atoms with Crippen molar-refractivity contribution >= 4 is 5.78 Å². The molecule has 0 aromatic rings. The fraction of sp³-hybridized carbons (Fsp3) is 0.800. The van der Waals surface area contributed by atoms with Crippen LogP contribution >= 0.6 is 0 Å². The molecule has 0 N–H and O–H groups in total. The first-order valence-corrected chi connectivity index (χ1v) is 6.74. The van der Waals surface area contributed by atoms with Gasteiger partial charge in [-0.2, -0.15) is 0 Å². The molecule has 0 heterocycles. The molecular formula is C15H28O2. The van der Waals surface area contributed by atoms with Crippen molar-refractivity contribution in [2.45, 2.75) is 65.9 Å². The molecule has 0 spiro atoms. The Morgan fingerprint density at radius 1 is 1.41 bits per heavy atom. The lowest BCUT2D eigenvalue weighted by Gasteiger charge is -2.29. The van der Waals surface area contributed by atoms with Crippen LogP contribution in [0, 0.1) is 5.92 Å². The van der Waals surface area contributed by atoms with Crippen LogP contribution in [0.5, 0.6) is 0 Å². The maximum Gasteiger partial charge on any atom is 0.152 e. The third-order valence-electron chi connectivity index (χ3n) is 3.30. The maximum atomic E-state index is 10.8. The second-order valence-electron chi connectivity index (χ2n) is 5.13. The summed E-state index contributed by atoms with van der Waals surface area (Å²) in [7, 11) is 0. The number of carbonyl (C=O) groups is 1. The molecule has 17 heavy (non-hydrogen) atoms. The lowest BCUT2D eigenvalue weighted by molar-refractivity contribution is -0.112. The molecule has 2 heteroatoms. The highest BCUT2D eigenvalue weighted by atomic mass is 16.5. The van der Waals surface area contributed by atoms with Gasteiger partial charge in [0.15, 0.2) is 5.78 Å². The van der Waals surface area contributed by atoms with E-state index in [0.717, 1.165) is 32.3 Å². The Hall–Kier alpha value is -0.630. The first-order valence-electron chi connectivity index (χ1n) is 6.74. The molecule has 2 atom stereocenters. The number of allylic oxidation sites excluding steroid dienone is 2. The molecule has 0 aliphatic carbocycles. The Bertz CT molecular complexity index is 245. The highest BCUT2D eigenvalue weighted by molar-refractivity contribution is 5.87. The summed E-state index contributed by atoms with van der Waals surface area (Å²) in [5, 5.41) is 0. The zero-order chi connectivity index (χ0) is 13.3. The van der Waals surface area contributed by atoms with Crippen LogP contribution in [0.4, 0.5) is 0 Å². The van der Waals surface area contributed by atoms with Crippen LogP contribution in [-0.4, -0.2) is 18.0 Å². The maximum absolute atomic E-state index is 10.8. The van der Waals surface area contributed by atoms with Gasteiger partial charge in [0.1, 0.15) is 0 Å². The lowest BCUT2D eigenvalue weighted by atomic mass is 9.90. The van der Waals surface area contributed by atoms with E-state index >= 15 is 0 Å². The van der Waals surface area contributed by atoms with Crippen molar-refractivity contribution in [1.82, 2.24) is 0 Å². The summed E-state index contributed by atoms with van der Waals surface area (Å²) in [6, 6.07) is 0. The minimum Gasteiger partial charge on any atom is -0.376 e. The molecule has 0 aliphatic heterocycles. The Morgan fingerprint density at radius 2 is 2.06 bits per heavy atom. The predicted octanol–water partition coefficient (Wildman–Crippen LogP) is 4.14. The Labute approximate surface area is 106 Å². The summed E-state index contributed by atoms with van der Waals surface area (Å²) in [5.41, 5.74) is 0.0211. The van der Waals surface area contributed by atoms with Crippen molar-refractivity contribution in [1.29, 1.82) is 0 Å². The van der Waals surface area contributed by atoms with Crippen LogP contribution in [0.1, 0.15) is 60.3 Å². The van der Waals surface area contributed by atoms with Crippen molar-refractivity contribution in [3.8, 4) is 0 Å². The minimum absolute atomic E-state index is 0.0211. The van der Waals surface area contributed by atoms with Crippen LogP contribution in [0.2, 0.25) is 0 Å². The zero-order valence-corrected chi connectivity index (χ0v) is 12.1. The van der Waals surface area contributed by atoms with Crippen molar-refractivity contribution in [3.63, 3.8) is 0 Å². The summed E-state index contributed by atoms with van der Waals surface area (Å²) in [6.45, 7) is 11.0. The van der Waals surface area contributed by atoms with E-state index in [1.807, 2.05) is 13.0 Å². The van der Waals surface area contributed by atoms with Crippen LogP contribution in [-0.2, 0) is 9.53 Å². The summed E-state index contributed by atoms with van der Waals surface area (Å²) in [5.74, 6) is 0.738. The molecule has 0 fully saturated rings. The number of carbonyl (C=O) groups excluding carboxylic acids is 1. The standard InChI is InChI=1S/C15H28O2/c1-6-15(5,17-7-2)12-11-13(3)9-8-10-14(4)16/h8,10,13H,6-7,9,11-12H2,1-5H3. The summed E-state index contributed by atoms with van der Waals surface area (Å²) in [4.78, 5) is 10.8. The lowest BCUT2D eigenvalue weighted by Crippen LogP contribution is -2.28. The average Bonchev–Trinajstić information content (AvgIpc) is 2.26. The van der Waals surface area contributed by atoms with Crippen LogP contribution in [0.15, 0.2) is 12.2 Å². The van der Waals surface area contributed by atoms with Gasteiger partial charge in [0.25, 0.3) is 0 Å². The average molecular weight is 240 g/mol. The smallest absolute Gasteiger partial charge is 0.152 e. The van der Waals surface area contributed by atoms with E-state index in [2.05, 4.69) is 20.8 Å². The Morgan fingerprint density at radius 3 is 2.53 bits per heavy atom. The highest BCUT2D eigenvalue weighted by Gasteiger charge is 2.22. The van der Waals surface area contributed by atoms with Gasteiger partial charge in [-0.15, -0.1) is 0 Å². The summed E-state index contributed by atoms with van der Waals surface area (Å²) >= 11 is 0. The van der Waals surface area contributed by atoms with Gasteiger partial charge in [-0.05, 0) is 58.4 Å². The van der Waals surface area contributed by atoms with Gasteiger partial charge < -0.3 is 4.74 Å². The van der Waals surface area contributed by atoms with E-state index in [9.17, 15) is 4.79 Å². The van der Waals surface area contributed by atoms with Crippen molar-refractivity contribution < 1.29 is 9.53 Å². The molecule has 0 aliphatic rings. The quantitative estimate of drug-likeness (QED) is 0.566. The second-order valence-corrected chi connectivity index (χ2v) is 5.13. The normalized spacial score (nSPS) is 17.0. The number of hydrogen-bond acceptors (Lipinski definition) is 2. The molecule has 0 amide bonds. The monoisotopic (exact) mass is 240 g/mol. The minimum atomic E-state index is 0.0211. The largest absolute Gasteiger partial charge is 0.376 e.